The number of ether oxygens (including phenoxy) is 2. The fraction of sp³-hybridized carbons (Fsp3) is 0.381. The number of halogens is 1. The van der Waals surface area contributed by atoms with Crippen molar-refractivity contribution < 1.29 is 18.7 Å². The second kappa shape index (κ2) is 8.32. The quantitative estimate of drug-likeness (QED) is 0.821. The first-order chi connectivity index (χ1) is 12.6. The number of hydrogen-bond acceptors (Lipinski definition) is 3. The van der Waals surface area contributed by atoms with E-state index in [2.05, 4.69) is 0 Å². The lowest BCUT2D eigenvalue weighted by Gasteiger charge is -2.38. The summed E-state index contributed by atoms with van der Waals surface area (Å²) in [5, 5.41) is 0. The topological polar surface area (TPSA) is 38.8 Å². The lowest BCUT2D eigenvalue weighted by Crippen LogP contribution is -2.47. The Kier molecular flexibility index (Phi) is 5.89. The van der Waals surface area contributed by atoms with Crippen LogP contribution in [0.15, 0.2) is 48.5 Å². The Labute approximate surface area is 153 Å². The zero-order valence-electron chi connectivity index (χ0n) is 15.2. The molecule has 0 saturated carbocycles. The number of hydrogen-bond donors (Lipinski definition) is 0. The van der Waals surface area contributed by atoms with Gasteiger partial charge in [-0.15, -0.1) is 0 Å². The Balaban J connectivity index is 1.72. The fourth-order valence-corrected chi connectivity index (χ4v) is 3.57. The number of carbonyl (C=O) groups is 1. The molecule has 0 spiro atoms. The summed E-state index contributed by atoms with van der Waals surface area (Å²) in [7, 11) is 3.36. The van der Waals surface area contributed by atoms with Gasteiger partial charge in [-0.3, -0.25) is 4.79 Å². The minimum atomic E-state index is -0.391. The van der Waals surface area contributed by atoms with Gasteiger partial charge in [0.2, 0.25) is 0 Å². The van der Waals surface area contributed by atoms with Gasteiger partial charge in [0, 0.05) is 31.7 Å². The van der Waals surface area contributed by atoms with Crippen LogP contribution in [0, 0.1) is 11.7 Å². The molecule has 1 fully saturated rings. The number of methoxy groups -OCH3 is 2. The van der Waals surface area contributed by atoms with Gasteiger partial charge in [-0.1, -0.05) is 18.2 Å². The van der Waals surface area contributed by atoms with Gasteiger partial charge in [0.05, 0.1) is 13.2 Å². The third-order valence-electron chi connectivity index (χ3n) is 4.98. The van der Waals surface area contributed by atoms with Crippen molar-refractivity contribution in [3.63, 3.8) is 0 Å². The van der Waals surface area contributed by atoms with E-state index < -0.39 is 5.82 Å². The van der Waals surface area contributed by atoms with E-state index >= 15 is 0 Å². The molecule has 2 atom stereocenters. The molecular weight excluding hydrogens is 333 g/mol. The van der Waals surface area contributed by atoms with Crippen LogP contribution in [0.2, 0.25) is 0 Å². The number of nitrogens with zero attached hydrogens (tertiary/aromatic N) is 1. The van der Waals surface area contributed by atoms with Crippen LogP contribution in [0.3, 0.4) is 0 Å². The number of rotatable bonds is 5. The molecule has 1 heterocycles. The van der Waals surface area contributed by atoms with Crippen LogP contribution in [0.5, 0.6) is 5.75 Å². The van der Waals surface area contributed by atoms with Gasteiger partial charge in [0.1, 0.15) is 11.6 Å². The predicted octanol–water partition coefficient (Wildman–Crippen LogP) is 3.55. The predicted molar refractivity (Wildman–Crippen MR) is 97.9 cm³/mol. The van der Waals surface area contributed by atoms with E-state index in [-0.39, 0.29) is 17.9 Å². The smallest absolute Gasteiger partial charge is 0.253 e. The molecule has 3 rings (SSSR count). The second-order valence-corrected chi connectivity index (χ2v) is 6.64. The molecule has 5 heteroatoms. The summed E-state index contributed by atoms with van der Waals surface area (Å²) in [6.07, 6.45) is 1.70. The molecule has 0 unspecified atom stereocenters. The Morgan fingerprint density at radius 1 is 1.19 bits per heavy atom. The molecular formula is C21H24FNO3. The first-order valence-electron chi connectivity index (χ1n) is 8.81. The van der Waals surface area contributed by atoms with Crippen LogP contribution in [0.25, 0.3) is 0 Å². The third kappa shape index (κ3) is 4.22. The first kappa shape index (κ1) is 18.4. The summed E-state index contributed by atoms with van der Waals surface area (Å²) in [5.41, 5.74) is 1.57. The highest BCUT2D eigenvalue weighted by atomic mass is 19.1. The molecule has 1 amide bonds. The number of piperidine rings is 1. The molecule has 2 aromatic carbocycles. The molecule has 1 aliphatic heterocycles. The van der Waals surface area contributed by atoms with E-state index in [1.165, 1.54) is 17.7 Å². The summed E-state index contributed by atoms with van der Waals surface area (Å²) in [6, 6.07) is 13.8. The van der Waals surface area contributed by atoms with E-state index in [0.717, 1.165) is 18.6 Å². The van der Waals surface area contributed by atoms with Crippen LogP contribution >= 0.6 is 0 Å². The summed E-state index contributed by atoms with van der Waals surface area (Å²) < 4.78 is 24.3. The van der Waals surface area contributed by atoms with Gasteiger partial charge in [-0.2, -0.15) is 0 Å². The standard InChI is InChI=1S/C21H24FNO3/c1-25-19-8-6-15(7-9-19)12-17-14-23(11-10-20(17)26-2)21(24)16-4-3-5-18(22)13-16/h3-9,13,17,20H,10-12,14H2,1-2H3/t17-,20+/m0/s1. The highest BCUT2D eigenvalue weighted by molar-refractivity contribution is 5.94. The van der Waals surface area contributed by atoms with Crippen molar-refractivity contribution in [3.05, 3.63) is 65.5 Å². The van der Waals surface area contributed by atoms with Crippen molar-refractivity contribution in [1.82, 2.24) is 4.90 Å². The number of carbonyl (C=O) groups excluding carboxylic acids is 1. The largest absolute Gasteiger partial charge is 0.497 e. The van der Waals surface area contributed by atoms with Gasteiger partial charge >= 0.3 is 0 Å². The van der Waals surface area contributed by atoms with Gasteiger partial charge in [0.15, 0.2) is 0 Å². The van der Waals surface area contributed by atoms with Crippen molar-refractivity contribution in [2.75, 3.05) is 27.3 Å². The number of amides is 1. The minimum absolute atomic E-state index is 0.105. The molecule has 2 aromatic rings. The zero-order chi connectivity index (χ0) is 18.5. The molecule has 0 aliphatic carbocycles. The highest BCUT2D eigenvalue weighted by Gasteiger charge is 2.32. The van der Waals surface area contributed by atoms with Gasteiger partial charge in [-0.05, 0) is 48.7 Å². The van der Waals surface area contributed by atoms with Crippen LogP contribution in [-0.4, -0.2) is 44.2 Å². The first-order valence-corrected chi connectivity index (χ1v) is 8.81. The second-order valence-electron chi connectivity index (χ2n) is 6.64. The summed E-state index contributed by atoms with van der Waals surface area (Å²) >= 11 is 0. The maximum atomic E-state index is 13.4. The molecule has 0 N–H and O–H groups in total. The monoisotopic (exact) mass is 357 g/mol. The van der Waals surface area contributed by atoms with E-state index in [4.69, 9.17) is 9.47 Å². The summed E-state index contributed by atoms with van der Waals surface area (Å²) in [4.78, 5) is 14.5. The maximum Gasteiger partial charge on any atom is 0.253 e. The summed E-state index contributed by atoms with van der Waals surface area (Å²) in [5.74, 6) is 0.499. The number of benzene rings is 2. The lowest BCUT2D eigenvalue weighted by atomic mass is 9.88. The van der Waals surface area contributed by atoms with Crippen LogP contribution in [0.1, 0.15) is 22.3 Å². The van der Waals surface area contributed by atoms with E-state index in [9.17, 15) is 9.18 Å². The molecule has 0 aromatic heterocycles. The Bertz CT molecular complexity index is 747. The van der Waals surface area contributed by atoms with Crippen molar-refractivity contribution in [3.8, 4) is 5.75 Å². The Hall–Kier alpha value is -2.40. The van der Waals surface area contributed by atoms with Crippen LogP contribution < -0.4 is 4.74 Å². The lowest BCUT2D eigenvalue weighted by molar-refractivity contribution is -0.00300. The van der Waals surface area contributed by atoms with Crippen molar-refractivity contribution in [1.29, 1.82) is 0 Å². The molecule has 26 heavy (non-hydrogen) atoms. The van der Waals surface area contributed by atoms with Crippen LogP contribution in [-0.2, 0) is 11.2 Å². The van der Waals surface area contributed by atoms with Crippen LogP contribution in [0.4, 0.5) is 4.39 Å². The van der Waals surface area contributed by atoms with Gasteiger partial charge in [-0.25, -0.2) is 4.39 Å². The Morgan fingerprint density at radius 3 is 2.62 bits per heavy atom. The number of likely N-dealkylation sites (tertiary alicyclic amines) is 1. The van der Waals surface area contributed by atoms with Gasteiger partial charge < -0.3 is 14.4 Å². The third-order valence-corrected chi connectivity index (χ3v) is 4.98. The fourth-order valence-electron chi connectivity index (χ4n) is 3.57. The average molecular weight is 357 g/mol. The normalized spacial score (nSPS) is 20.0. The highest BCUT2D eigenvalue weighted by Crippen LogP contribution is 2.26. The molecule has 4 nitrogen and oxygen atoms in total. The summed E-state index contributed by atoms with van der Waals surface area (Å²) in [6.45, 7) is 1.22. The van der Waals surface area contributed by atoms with Crippen molar-refractivity contribution in [2.24, 2.45) is 5.92 Å². The average Bonchev–Trinajstić information content (AvgIpc) is 2.68. The van der Waals surface area contributed by atoms with E-state index in [0.29, 0.717) is 18.7 Å². The van der Waals surface area contributed by atoms with Crippen molar-refractivity contribution in [2.45, 2.75) is 18.9 Å². The van der Waals surface area contributed by atoms with Crippen molar-refractivity contribution >= 4 is 5.91 Å². The molecule has 1 saturated heterocycles. The van der Waals surface area contributed by atoms with E-state index in [1.807, 2.05) is 24.3 Å². The molecule has 1 aliphatic rings. The van der Waals surface area contributed by atoms with E-state index in [1.54, 1.807) is 31.3 Å². The molecule has 138 valence electrons. The zero-order valence-corrected chi connectivity index (χ0v) is 15.2. The maximum absolute atomic E-state index is 13.4. The van der Waals surface area contributed by atoms with Gasteiger partial charge in [0.25, 0.3) is 5.91 Å². The molecule has 0 bridgehead atoms. The molecule has 0 radical (unpaired) electrons. The SMILES string of the molecule is COc1ccc(C[C@H]2CN(C(=O)c3cccc(F)c3)CC[C@H]2OC)cc1. The Morgan fingerprint density at radius 2 is 1.96 bits per heavy atom. The minimum Gasteiger partial charge on any atom is -0.497 e.